The van der Waals surface area contributed by atoms with Crippen molar-refractivity contribution in [2.24, 2.45) is 11.8 Å². The number of H-pyrrole nitrogens is 2. The molecule has 5 nitrogen and oxygen atoms in total. The van der Waals surface area contributed by atoms with Crippen LogP contribution in [0.4, 0.5) is 0 Å². The zero-order chi connectivity index (χ0) is 24.6. The molecule has 2 fully saturated rings. The van der Waals surface area contributed by atoms with Gasteiger partial charge in [0.15, 0.2) is 0 Å². The van der Waals surface area contributed by atoms with Crippen molar-refractivity contribution in [2.75, 3.05) is 26.2 Å². The number of nitrogens with one attached hydrogen (secondary N) is 2. The largest absolute Gasteiger partial charge is 0.358 e. The Bertz CT molecular complexity index is 1280. The van der Waals surface area contributed by atoms with Crippen molar-refractivity contribution < 1.29 is 4.79 Å². The minimum absolute atomic E-state index is 0.170. The smallest absolute Gasteiger partial charge is 0.141 e. The number of carbonyl (C=O) groups is 1. The summed E-state index contributed by atoms with van der Waals surface area (Å²) in [7, 11) is 0. The van der Waals surface area contributed by atoms with E-state index in [9.17, 15) is 4.79 Å². The summed E-state index contributed by atoms with van der Waals surface area (Å²) < 4.78 is 0. The molecule has 0 bridgehead atoms. The topological polar surface area (TPSA) is 55.1 Å². The summed E-state index contributed by atoms with van der Waals surface area (Å²) in [5.41, 5.74) is 7.69. The number of carbonyl (C=O) groups excluding carboxylic acids is 1. The van der Waals surface area contributed by atoms with Gasteiger partial charge >= 0.3 is 0 Å². The highest BCUT2D eigenvalue weighted by molar-refractivity contribution is 5.86. The second kappa shape index (κ2) is 9.87. The van der Waals surface area contributed by atoms with E-state index in [1.54, 1.807) is 0 Å². The van der Waals surface area contributed by atoms with Crippen molar-refractivity contribution in [3.05, 3.63) is 71.0 Å². The predicted octanol–water partition coefficient (Wildman–Crippen LogP) is 5.96. The molecule has 188 valence electrons. The van der Waals surface area contributed by atoms with Gasteiger partial charge in [-0.1, -0.05) is 36.4 Å². The molecule has 6 rings (SSSR count). The van der Waals surface area contributed by atoms with E-state index in [2.05, 4.69) is 82.1 Å². The van der Waals surface area contributed by atoms with Gasteiger partial charge in [0.2, 0.25) is 0 Å². The van der Waals surface area contributed by atoms with Gasteiger partial charge in [-0.05, 0) is 75.9 Å². The van der Waals surface area contributed by atoms with E-state index >= 15 is 0 Å². The van der Waals surface area contributed by atoms with Crippen LogP contribution in [0.5, 0.6) is 0 Å². The molecule has 2 aromatic carbocycles. The Kier molecular flexibility index (Phi) is 6.44. The maximum Gasteiger partial charge on any atom is 0.141 e. The van der Waals surface area contributed by atoms with E-state index < -0.39 is 0 Å². The minimum atomic E-state index is 0.170. The predicted molar refractivity (Wildman–Crippen MR) is 147 cm³/mol. The molecule has 0 spiro atoms. The number of Topliss-reactive ketones (excluding diaryl/α,β-unsaturated/α-hetero) is 1. The van der Waals surface area contributed by atoms with E-state index in [-0.39, 0.29) is 11.8 Å². The highest BCUT2D eigenvalue weighted by Crippen LogP contribution is 2.30. The molecule has 2 aromatic heterocycles. The van der Waals surface area contributed by atoms with Crippen molar-refractivity contribution in [3.63, 3.8) is 0 Å². The van der Waals surface area contributed by atoms with Gasteiger partial charge in [0.05, 0.1) is 0 Å². The number of rotatable bonds is 6. The fraction of sp³-hybridized carbons (Fsp3) is 0.452. The Labute approximate surface area is 213 Å². The lowest BCUT2D eigenvalue weighted by molar-refractivity contribution is -0.130. The first-order chi connectivity index (χ1) is 17.6. The number of aromatic nitrogens is 2. The van der Waals surface area contributed by atoms with Crippen LogP contribution in [-0.2, 0) is 17.9 Å². The van der Waals surface area contributed by atoms with Crippen molar-refractivity contribution >= 4 is 27.6 Å². The molecular weight excluding hydrogens is 444 g/mol. The molecule has 2 aliphatic rings. The molecule has 2 atom stereocenters. The average molecular weight is 483 g/mol. The second-order valence-electron chi connectivity index (χ2n) is 11.1. The van der Waals surface area contributed by atoms with Crippen molar-refractivity contribution in [2.45, 2.75) is 52.6 Å². The quantitative estimate of drug-likeness (QED) is 0.357. The molecule has 0 amide bonds. The standard InChI is InChI=1S/C31H38N4O/c1-21-27(25-11-3-5-13-29(25)32-21)19-34-15-7-9-23(17-34)31(36)24-10-8-16-35(18-24)20-28-22(2)33-30-14-6-4-12-26(28)30/h3-6,11-14,23-24,32-33H,7-10,15-20H2,1-2H3. The Hall–Kier alpha value is -2.89. The van der Waals surface area contributed by atoms with Gasteiger partial charge in [0, 0.05) is 71.2 Å². The number of likely N-dealkylation sites (tertiary alicyclic amines) is 2. The number of nitrogens with zero attached hydrogens (tertiary/aromatic N) is 2. The molecule has 2 N–H and O–H groups in total. The third-order valence-electron chi connectivity index (χ3n) is 8.63. The molecule has 2 aliphatic heterocycles. The van der Waals surface area contributed by atoms with Gasteiger partial charge in [0.25, 0.3) is 0 Å². The van der Waals surface area contributed by atoms with Gasteiger partial charge in [-0.2, -0.15) is 0 Å². The van der Waals surface area contributed by atoms with Crippen LogP contribution in [0.25, 0.3) is 21.8 Å². The van der Waals surface area contributed by atoms with Crippen LogP contribution in [0.2, 0.25) is 0 Å². The number of benzene rings is 2. The molecule has 4 heterocycles. The van der Waals surface area contributed by atoms with E-state index in [1.165, 1.54) is 44.3 Å². The third-order valence-corrected chi connectivity index (χ3v) is 8.63. The molecule has 0 radical (unpaired) electrons. The summed E-state index contributed by atoms with van der Waals surface area (Å²) >= 11 is 0. The van der Waals surface area contributed by atoms with Crippen LogP contribution in [-0.4, -0.2) is 51.7 Å². The summed E-state index contributed by atoms with van der Waals surface area (Å²) in [6, 6.07) is 17.2. The maximum absolute atomic E-state index is 13.7. The minimum Gasteiger partial charge on any atom is -0.358 e. The Morgan fingerprint density at radius 3 is 1.67 bits per heavy atom. The fourth-order valence-corrected chi connectivity index (χ4v) is 6.72. The zero-order valence-corrected chi connectivity index (χ0v) is 21.6. The lowest BCUT2D eigenvalue weighted by Gasteiger charge is -2.37. The van der Waals surface area contributed by atoms with Gasteiger partial charge < -0.3 is 9.97 Å². The first-order valence-electron chi connectivity index (χ1n) is 13.7. The fourth-order valence-electron chi connectivity index (χ4n) is 6.72. The molecule has 2 saturated heterocycles. The summed E-state index contributed by atoms with van der Waals surface area (Å²) in [5.74, 6) is 0.851. The van der Waals surface area contributed by atoms with Crippen LogP contribution < -0.4 is 0 Å². The highest BCUT2D eigenvalue weighted by atomic mass is 16.1. The van der Waals surface area contributed by atoms with E-state index in [0.29, 0.717) is 5.78 Å². The van der Waals surface area contributed by atoms with Crippen LogP contribution in [0, 0.1) is 25.7 Å². The number of aromatic amines is 2. The second-order valence-corrected chi connectivity index (χ2v) is 11.1. The van der Waals surface area contributed by atoms with Gasteiger partial charge in [-0.15, -0.1) is 0 Å². The molecule has 0 aliphatic carbocycles. The number of piperidine rings is 2. The Balaban J connectivity index is 1.12. The summed E-state index contributed by atoms with van der Waals surface area (Å²) in [6.07, 6.45) is 4.31. The SMILES string of the molecule is Cc1[nH]c2ccccc2c1CN1CCCC(C(=O)C2CCCN(Cc3c(C)[nH]c4ccccc34)C2)C1. The van der Waals surface area contributed by atoms with Gasteiger partial charge in [0.1, 0.15) is 5.78 Å². The van der Waals surface area contributed by atoms with Gasteiger partial charge in [-0.3, -0.25) is 14.6 Å². The summed E-state index contributed by atoms with van der Waals surface area (Å²) in [5, 5.41) is 2.64. The lowest BCUT2D eigenvalue weighted by Crippen LogP contribution is -2.44. The van der Waals surface area contributed by atoms with Crippen molar-refractivity contribution in [1.29, 1.82) is 0 Å². The van der Waals surface area contributed by atoms with Gasteiger partial charge in [-0.25, -0.2) is 0 Å². The normalized spacial score (nSPS) is 21.9. The number of fused-ring (bicyclic) bond motifs is 2. The van der Waals surface area contributed by atoms with Crippen LogP contribution in [0.1, 0.15) is 48.2 Å². The summed E-state index contributed by atoms with van der Waals surface area (Å²) in [4.78, 5) is 25.9. The first-order valence-corrected chi connectivity index (χ1v) is 13.7. The number of hydrogen-bond donors (Lipinski definition) is 2. The molecule has 2 unspecified atom stereocenters. The number of hydrogen-bond acceptors (Lipinski definition) is 3. The number of ketones is 1. The number of para-hydroxylation sites is 2. The first kappa shape index (κ1) is 23.5. The van der Waals surface area contributed by atoms with Crippen LogP contribution in [0.3, 0.4) is 0 Å². The van der Waals surface area contributed by atoms with Crippen molar-refractivity contribution in [3.8, 4) is 0 Å². The Morgan fingerprint density at radius 2 is 1.19 bits per heavy atom. The van der Waals surface area contributed by atoms with E-state index in [0.717, 1.165) is 65.0 Å². The molecule has 0 saturated carbocycles. The van der Waals surface area contributed by atoms with E-state index in [4.69, 9.17) is 0 Å². The summed E-state index contributed by atoms with van der Waals surface area (Å²) in [6.45, 7) is 10.2. The highest BCUT2D eigenvalue weighted by Gasteiger charge is 2.34. The lowest BCUT2D eigenvalue weighted by atomic mass is 9.82. The monoisotopic (exact) mass is 482 g/mol. The maximum atomic E-state index is 13.7. The molecular formula is C31H38N4O. The molecule has 36 heavy (non-hydrogen) atoms. The average Bonchev–Trinajstić information content (AvgIpc) is 3.39. The molecule has 4 aromatic rings. The van der Waals surface area contributed by atoms with Crippen LogP contribution >= 0.6 is 0 Å². The number of aryl methyl sites for hydroxylation is 2. The van der Waals surface area contributed by atoms with Crippen molar-refractivity contribution in [1.82, 2.24) is 19.8 Å². The Morgan fingerprint density at radius 1 is 0.750 bits per heavy atom. The van der Waals surface area contributed by atoms with E-state index in [1.807, 2.05) is 0 Å². The molecule has 5 heteroatoms. The third kappa shape index (κ3) is 4.51. The zero-order valence-electron chi connectivity index (χ0n) is 21.6. The van der Waals surface area contributed by atoms with Crippen LogP contribution in [0.15, 0.2) is 48.5 Å².